The maximum absolute atomic E-state index is 15.5. The SMILES string of the molecule is COC(=O)NC(C(=O)N(Cc1ncc(-c2ccc(-c3ccc(-c4nc(C5CC(C)CN5C(=O)C(NC(=O)OC)C(C)C)[nH]c4F)cc3)cc2)[nH]1)C[Si](C)(C)C)C(C)C. The predicted octanol–water partition coefficient (Wildman–Crippen LogP) is 7.15. The van der Waals surface area contributed by atoms with Gasteiger partial charge in [-0.1, -0.05) is 103 Å². The van der Waals surface area contributed by atoms with E-state index in [0.29, 0.717) is 36.3 Å². The zero-order valence-electron chi connectivity index (χ0n) is 35.1. The van der Waals surface area contributed by atoms with Crippen LogP contribution in [0.5, 0.6) is 0 Å². The average Bonchev–Trinajstić information content (AvgIpc) is 3.92. The summed E-state index contributed by atoms with van der Waals surface area (Å²) in [6, 6.07) is 13.4. The third kappa shape index (κ3) is 10.5. The Morgan fingerprint density at radius 1 is 0.862 bits per heavy atom. The summed E-state index contributed by atoms with van der Waals surface area (Å²) in [5.41, 5.74) is 4.34. The van der Waals surface area contributed by atoms with Crippen molar-refractivity contribution in [2.45, 2.75) is 85.4 Å². The van der Waals surface area contributed by atoms with E-state index in [1.807, 2.05) is 83.1 Å². The number of amides is 4. The molecule has 2 aromatic carbocycles. The van der Waals surface area contributed by atoms with E-state index in [0.717, 1.165) is 22.4 Å². The van der Waals surface area contributed by atoms with E-state index in [4.69, 9.17) is 9.47 Å². The topological polar surface area (TPSA) is 175 Å². The summed E-state index contributed by atoms with van der Waals surface area (Å²) in [5.74, 6) is -0.224. The van der Waals surface area contributed by atoms with E-state index in [9.17, 15) is 19.2 Å². The molecule has 5 rings (SSSR count). The molecular weight excluding hydrogens is 760 g/mol. The lowest BCUT2D eigenvalue weighted by Gasteiger charge is -2.32. The Hall–Kier alpha value is -5.51. The lowest BCUT2D eigenvalue weighted by atomic mass is 10.0. The summed E-state index contributed by atoms with van der Waals surface area (Å²) in [6.45, 7) is 16.8. The number of aromatic nitrogens is 4. The van der Waals surface area contributed by atoms with Crippen LogP contribution < -0.4 is 10.6 Å². The van der Waals surface area contributed by atoms with Crippen molar-refractivity contribution < 1.29 is 33.0 Å². The van der Waals surface area contributed by atoms with Crippen LogP contribution in [-0.4, -0.2) is 101 Å². The maximum Gasteiger partial charge on any atom is 0.407 e. The maximum atomic E-state index is 15.5. The molecule has 0 radical (unpaired) electrons. The fraction of sp³-hybridized carbons (Fsp3) is 0.476. The van der Waals surface area contributed by atoms with Gasteiger partial charge in [-0.15, -0.1) is 0 Å². The molecule has 1 aliphatic heterocycles. The molecule has 1 aliphatic rings. The van der Waals surface area contributed by atoms with Crippen molar-refractivity contribution in [3.63, 3.8) is 0 Å². The van der Waals surface area contributed by atoms with Gasteiger partial charge in [-0.25, -0.2) is 19.6 Å². The Kier molecular flexibility index (Phi) is 13.8. The fourth-order valence-electron chi connectivity index (χ4n) is 7.26. The van der Waals surface area contributed by atoms with Gasteiger partial charge in [0.15, 0.2) is 0 Å². The molecule has 1 fully saturated rings. The molecule has 312 valence electrons. The number of ether oxygens (including phenoxy) is 2. The molecule has 14 nitrogen and oxygen atoms in total. The lowest BCUT2D eigenvalue weighted by molar-refractivity contribution is -0.136. The number of methoxy groups -OCH3 is 2. The van der Waals surface area contributed by atoms with Crippen molar-refractivity contribution >= 4 is 32.1 Å². The van der Waals surface area contributed by atoms with E-state index in [2.05, 4.69) is 50.2 Å². The van der Waals surface area contributed by atoms with E-state index in [1.54, 1.807) is 16.0 Å². The molecule has 0 spiro atoms. The zero-order valence-corrected chi connectivity index (χ0v) is 36.1. The number of carbonyl (C=O) groups excluding carboxylic acids is 4. The molecule has 3 heterocycles. The first-order valence-electron chi connectivity index (χ1n) is 19.7. The summed E-state index contributed by atoms with van der Waals surface area (Å²) in [6.07, 6.45) is 1.60. The van der Waals surface area contributed by atoms with E-state index in [-0.39, 0.29) is 41.8 Å². The van der Waals surface area contributed by atoms with Crippen LogP contribution in [-0.2, 0) is 25.6 Å². The number of hydrogen-bond acceptors (Lipinski definition) is 8. The van der Waals surface area contributed by atoms with Gasteiger partial charge in [0.2, 0.25) is 17.8 Å². The Morgan fingerprint density at radius 2 is 1.40 bits per heavy atom. The Labute approximate surface area is 340 Å². The van der Waals surface area contributed by atoms with Crippen molar-refractivity contribution in [2.24, 2.45) is 17.8 Å². The van der Waals surface area contributed by atoms with Gasteiger partial charge in [0.1, 0.15) is 29.4 Å². The first kappa shape index (κ1) is 43.6. The molecular formula is C42H57FN8O6Si. The lowest BCUT2D eigenvalue weighted by Crippen LogP contribution is -2.54. The summed E-state index contributed by atoms with van der Waals surface area (Å²) < 4.78 is 25.0. The minimum Gasteiger partial charge on any atom is -0.453 e. The van der Waals surface area contributed by atoms with Crippen LogP contribution in [0.4, 0.5) is 14.0 Å². The second kappa shape index (κ2) is 18.4. The number of imidazole rings is 2. The van der Waals surface area contributed by atoms with E-state index >= 15 is 4.39 Å². The number of benzene rings is 2. The highest BCUT2D eigenvalue weighted by Gasteiger charge is 2.40. The number of carbonyl (C=O) groups is 4. The highest BCUT2D eigenvalue weighted by Crippen LogP contribution is 2.37. The largest absolute Gasteiger partial charge is 0.453 e. The van der Waals surface area contributed by atoms with Gasteiger partial charge in [0.05, 0.1) is 46.8 Å². The Bertz CT molecular complexity index is 2060. The summed E-state index contributed by atoms with van der Waals surface area (Å²) in [5, 5.41) is 5.34. The zero-order chi connectivity index (χ0) is 42.5. The second-order valence-electron chi connectivity index (χ2n) is 17.0. The van der Waals surface area contributed by atoms with Crippen LogP contribution in [0.15, 0.2) is 54.7 Å². The minimum atomic E-state index is -1.74. The molecule has 1 saturated heterocycles. The number of aromatic amines is 2. The molecule has 0 bridgehead atoms. The average molecular weight is 817 g/mol. The van der Waals surface area contributed by atoms with Crippen LogP contribution in [0.2, 0.25) is 19.6 Å². The molecule has 4 N–H and O–H groups in total. The highest BCUT2D eigenvalue weighted by molar-refractivity contribution is 6.76. The molecule has 4 aromatic rings. The molecule has 0 aliphatic carbocycles. The van der Waals surface area contributed by atoms with Gasteiger partial charge in [-0.05, 0) is 40.9 Å². The standard InChI is InChI=1S/C42H57FN8O6Si/c1-24(2)34(47-41(54)56-6)39(52)50(23-58(8,9)10)22-33-44-20-31(45-33)29-15-11-27(12-16-29)28-13-17-30(18-14-28)36-37(43)49-38(46-36)32-19-26(5)21-51(32)40(53)35(25(3)4)48-42(55)57-7/h11-18,20,24-26,32,34-35H,19,21-23H2,1-10H3,(H,44,45)(H,46,49)(H,47,54)(H,48,55). The second-order valence-corrected chi connectivity index (χ2v) is 22.4. The van der Waals surface area contributed by atoms with Gasteiger partial charge >= 0.3 is 12.2 Å². The van der Waals surface area contributed by atoms with Gasteiger partial charge in [-0.3, -0.25) is 9.59 Å². The van der Waals surface area contributed by atoms with Crippen LogP contribution >= 0.6 is 0 Å². The smallest absolute Gasteiger partial charge is 0.407 e. The first-order valence-corrected chi connectivity index (χ1v) is 23.4. The van der Waals surface area contributed by atoms with Crippen LogP contribution in [0.3, 0.4) is 0 Å². The third-order valence-corrected chi connectivity index (χ3v) is 11.5. The highest BCUT2D eigenvalue weighted by atomic mass is 28.3. The van der Waals surface area contributed by atoms with Crippen LogP contribution in [0.1, 0.15) is 58.7 Å². The quantitative estimate of drug-likeness (QED) is 0.0971. The number of likely N-dealkylation sites (tertiary alicyclic amines) is 1. The van der Waals surface area contributed by atoms with E-state index in [1.165, 1.54) is 14.2 Å². The number of H-pyrrole nitrogens is 2. The number of hydrogen-bond donors (Lipinski definition) is 4. The predicted molar refractivity (Wildman–Crippen MR) is 222 cm³/mol. The Morgan fingerprint density at radius 3 is 1.93 bits per heavy atom. The van der Waals surface area contributed by atoms with Gasteiger partial charge in [-0.2, -0.15) is 4.39 Å². The summed E-state index contributed by atoms with van der Waals surface area (Å²) in [7, 11) is 0.786. The van der Waals surface area contributed by atoms with Crippen molar-refractivity contribution in [3.8, 4) is 33.6 Å². The van der Waals surface area contributed by atoms with Crippen molar-refractivity contribution in [1.82, 2.24) is 40.4 Å². The molecule has 58 heavy (non-hydrogen) atoms. The normalized spacial score (nSPS) is 16.6. The third-order valence-electron chi connectivity index (χ3n) is 10.2. The molecule has 16 heteroatoms. The molecule has 4 amide bonds. The van der Waals surface area contributed by atoms with Crippen LogP contribution in [0.25, 0.3) is 33.6 Å². The fourth-order valence-corrected chi connectivity index (χ4v) is 8.67. The number of nitrogens with zero attached hydrogens (tertiary/aromatic N) is 4. The number of alkyl carbamates (subject to hydrolysis) is 2. The van der Waals surface area contributed by atoms with Crippen molar-refractivity contribution in [3.05, 3.63) is 72.3 Å². The monoisotopic (exact) mass is 816 g/mol. The number of nitrogens with one attached hydrogen (secondary N) is 4. The number of halogens is 1. The molecule has 0 saturated carbocycles. The van der Waals surface area contributed by atoms with Crippen molar-refractivity contribution in [1.29, 1.82) is 0 Å². The van der Waals surface area contributed by atoms with Crippen molar-refractivity contribution in [2.75, 3.05) is 26.9 Å². The van der Waals surface area contributed by atoms with E-state index < -0.39 is 44.3 Å². The summed E-state index contributed by atoms with van der Waals surface area (Å²) >= 11 is 0. The Balaban J connectivity index is 1.29. The molecule has 4 unspecified atom stereocenters. The van der Waals surface area contributed by atoms with Gasteiger partial charge in [0, 0.05) is 18.3 Å². The van der Waals surface area contributed by atoms with Crippen LogP contribution in [0, 0.1) is 23.7 Å². The summed E-state index contributed by atoms with van der Waals surface area (Å²) in [4.78, 5) is 70.3. The number of rotatable bonds is 14. The minimum absolute atomic E-state index is 0.143. The van der Waals surface area contributed by atoms with Gasteiger partial charge in [0.25, 0.3) is 0 Å². The molecule has 2 aromatic heterocycles. The molecule has 4 atom stereocenters. The first-order chi connectivity index (χ1) is 27.4. The van der Waals surface area contributed by atoms with Gasteiger partial charge < -0.3 is 39.9 Å².